The van der Waals surface area contributed by atoms with Gasteiger partial charge < -0.3 is 0 Å². The average molecular weight is 302 g/mol. The van der Waals surface area contributed by atoms with Crippen molar-refractivity contribution in [3.8, 4) is 11.1 Å². The lowest BCUT2D eigenvalue weighted by Gasteiger charge is -2.17. The van der Waals surface area contributed by atoms with E-state index in [0.29, 0.717) is 0 Å². The van der Waals surface area contributed by atoms with Crippen LogP contribution in [0, 0.1) is 6.92 Å². The van der Waals surface area contributed by atoms with Crippen molar-refractivity contribution in [1.29, 1.82) is 0 Å². The molecule has 0 bridgehead atoms. The van der Waals surface area contributed by atoms with E-state index >= 15 is 0 Å². The molecule has 1 heteroatoms. The molecule has 0 aliphatic heterocycles. The molecular weight excluding hydrogens is 280 g/mol. The van der Waals surface area contributed by atoms with Crippen molar-refractivity contribution in [3.63, 3.8) is 0 Å². The maximum Gasteiger partial charge on any atom is 0.0136 e. The molecule has 22 heavy (non-hydrogen) atoms. The highest BCUT2D eigenvalue weighted by molar-refractivity contribution is 6.74. The second kappa shape index (κ2) is 5.17. The molecule has 0 amide bonds. The SMILES string of the molecule is Cc1ccccc1-c1c2c(cc3c1CCC3)C(=[Si](C)C)C=C2. The van der Waals surface area contributed by atoms with Gasteiger partial charge in [-0.1, -0.05) is 55.6 Å². The summed E-state index contributed by atoms with van der Waals surface area (Å²) >= 11 is 0. The third-order valence-electron chi connectivity index (χ3n) is 5.10. The Morgan fingerprint density at radius 3 is 2.55 bits per heavy atom. The van der Waals surface area contributed by atoms with Crippen molar-refractivity contribution in [2.75, 3.05) is 0 Å². The maximum absolute atomic E-state index is 2.51. The molecule has 0 atom stereocenters. The lowest BCUT2D eigenvalue weighted by molar-refractivity contribution is 0.912. The van der Waals surface area contributed by atoms with Gasteiger partial charge in [0.15, 0.2) is 0 Å². The van der Waals surface area contributed by atoms with Crippen LogP contribution in [0.3, 0.4) is 0 Å². The lowest BCUT2D eigenvalue weighted by atomic mass is 9.88. The largest absolute Gasteiger partial charge is 0.0620 e. The van der Waals surface area contributed by atoms with Gasteiger partial charge >= 0.3 is 0 Å². The fourth-order valence-corrected chi connectivity index (χ4v) is 5.17. The van der Waals surface area contributed by atoms with Crippen LogP contribution in [0.15, 0.2) is 36.4 Å². The molecule has 0 spiro atoms. The van der Waals surface area contributed by atoms with E-state index in [1.165, 1.54) is 47.1 Å². The minimum atomic E-state index is -0.419. The minimum absolute atomic E-state index is 0.419. The van der Waals surface area contributed by atoms with Crippen molar-refractivity contribution >= 4 is 19.7 Å². The van der Waals surface area contributed by atoms with E-state index in [4.69, 9.17) is 0 Å². The zero-order chi connectivity index (χ0) is 15.3. The molecule has 0 saturated carbocycles. The number of fused-ring (bicyclic) bond motifs is 2. The van der Waals surface area contributed by atoms with Crippen LogP contribution in [0.25, 0.3) is 17.2 Å². The van der Waals surface area contributed by atoms with Crippen LogP contribution in [0.1, 0.15) is 34.2 Å². The summed E-state index contributed by atoms with van der Waals surface area (Å²) in [5, 5.41) is 1.60. The van der Waals surface area contributed by atoms with Crippen LogP contribution >= 0.6 is 0 Å². The Bertz CT molecular complexity index is 833. The number of hydrogen-bond acceptors (Lipinski definition) is 0. The second-order valence-corrected chi connectivity index (χ2v) is 9.30. The van der Waals surface area contributed by atoms with Crippen molar-refractivity contribution in [3.05, 3.63) is 64.2 Å². The molecule has 0 fully saturated rings. The van der Waals surface area contributed by atoms with Crippen LogP contribution < -0.4 is 0 Å². The molecule has 0 radical (unpaired) electrons. The summed E-state index contributed by atoms with van der Waals surface area (Å²) in [6.45, 7) is 7.05. The summed E-state index contributed by atoms with van der Waals surface area (Å²) in [7, 11) is -0.419. The van der Waals surface area contributed by atoms with Gasteiger partial charge in [0.2, 0.25) is 0 Å². The Labute approximate surface area is 134 Å². The fraction of sp³-hybridized carbons (Fsp3) is 0.286. The number of benzene rings is 2. The van der Waals surface area contributed by atoms with E-state index in [-0.39, 0.29) is 0 Å². The molecule has 0 unspecified atom stereocenters. The standard InChI is InChI=1S/C21H22Si/c1-14-7-4-5-9-16(14)21-17-10-6-8-15(17)13-19-18(21)11-12-20(19)22(2)3/h4-5,7,9,11-13H,6,8,10H2,1-3H3. The highest BCUT2D eigenvalue weighted by Crippen LogP contribution is 2.41. The topological polar surface area (TPSA) is 0 Å². The summed E-state index contributed by atoms with van der Waals surface area (Å²) in [5.74, 6) is 0. The van der Waals surface area contributed by atoms with E-state index in [1.54, 1.807) is 16.3 Å². The van der Waals surface area contributed by atoms with Gasteiger partial charge in [-0.3, -0.25) is 0 Å². The van der Waals surface area contributed by atoms with E-state index in [2.05, 4.69) is 62.5 Å². The Hall–Kier alpha value is -1.73. The van der Waals surface area contributed by atoms with E-state index in [9.17, 15) is 0 Å². The monoisotopic (exact) mass is 302 g/mol. The number of allylic oxidation sites excluding steroid dienone is 1. The molecule has 0 nitrogen and oxygen atoms in total. The molecule has 2 aromatic carbocycles. The van der Waals surface area contributed by atoms with Crippen LogP contribution in [0.5, 0.6) is 0 Å². The second-order valence-electron chi connectivity index (χ2n) is 6.77. The highest BCUT2D eigenvalue weighted by Gasteiger charge is 2.25. The van der Waals surface area contributed by atoms with E-state index in [1.807, 2.05) is 0 Å². The lowest BCUT2D eigenvalue weighted by Crippen LogP contribution is -2.08. The summed E-state index contributed by atoms with van der Waals surface area (Å²) in [6, 6.07) is 11.4. The summed E-state index contributed by atoms with van der Waals surface area (Å²) < 4.78 is 0. The normalized spacial score (nSPS) is 15.1. The Morgan fingerprint density at radius 1 is 0.955 bits per heavy atom. The van der Waals surface area contributed by atoms with Gasteiger partial charge in [0.25, 0.3) is 0 Å². The van der Waals surface area contributed by atoms with Gasteiger partial charge in [0, 0.05) is 8.41 Å². The summed E-state index contributed by atoms with van der Waals surface area (Å²) in [4.78, 5) is 0. The molecule has 0 heterocycles. The molecule has 0 aromatic heterocycles. The molecule has 2 aliphatic rings. The molecule has 0 N–H and O–H groups in total. The molecule has 2 aliphatic carbocycles. The number of rotatable bonds is 1. The van der Waals surface area contributed by atoms with Crippen molar-refractivity contribution in [1.82, 2.24) is 0 Å². The zero-order valence-electron chi connectivity index (χ0n) is 13.7. The Balaban J connectivity index is 2.08. The van der Waals surface area contributed by atoms with Gasteiger partial charge in [0.05, 0.1) is 0 Å². The summed E-state index contributed by atoms with van der Waals surface area (Å²) in [6.07, 6.45) is 8.57. The van der Waals surface area contributed by atoms with Gasteiger partial charge in [-0.15, -0.1) is 0 Å². The first-order chi connectivity index (χ1) is 10.7. The van der Waals surface area contributed by atoms with Crippen LogP contribution in [-0.4, -0.2) is 13.6 Å². The zero-order valence-corrected chi connectivity index (χ0v) is 14.7. The van der Waals surface area contributed by atoms with Gasteiger partial charge in [0.1, 0.15) is 0 Å². The molecule has 4 rings (SSSR count). The minimum Gasteiger partial charge on any atom is -0.0620 e. The smallest absolute Gasteiger partial charge is 0.0136 e. The van der Waals surface area contributed by atoms with Gasteiger partial charge in [-0.25, -0.2) is 0 Å². The number of aryl methyl sites for hydroxylation is 2. The maximum atomic E-state index is 2.51. The molecule has 110 valence electrons. The van der Waals surface area contributed by atoms with Crippen molar-refractivity contribution in [2.45, 2.75) is 39.3 Å². The first-order valence-corrected chi connectivity index (χ1v) is 10.8. The molecule has 2 aromatic rings. The molecular formula is C21H22Si. The Morgan fingerprint density at radius 2 is 1.77 bits per heavy atom. The van der Waals surface area contributed by atoms with E-state index in [0.717, 1.165) is 0 Å². The van der Waals surface area contributed by atoms with Crippen LogP contribution in [0.4, 0.5) is 0 Å². The summed E-state index contributed by atoms with van der Waals surface area (Å²) in [5.41, 5.74) is 10.6. The quantitative estimate of drug-likeness (QED) is 0.648. The van der Waals surface area contributed by atoms with Crippen molar-refractivity contribution < 1.29 is 0 Å². The number of hydrogen-bond donors (Lipinski definition) is 0. The van der Waals surface area contributed by atoms with Gasteiger partial charge in [-0.2, -0.15) is 0 Å². The van der Waals surface area contributed by atoms with Crippen LogP contribution in [-0.2, 0) is 12.8 Å². The molecule has 0 saturated heterocycles. The predicted octanol–water partition coefficient (Wildman–Crippen LogP) is 5.03. The Kier molecular flexibility index (Phi) is 3.27. The predicted molar refractivity (Wildman–Crippen MR) is 99.3 cm³/mol. The highest BCUT2D eigenvalue weighted by atomic mass is 28.2. The van der Waals surface area contributed by atoms with Crippen LogP contribution in [0.2, 0.25) is 13.1 Å². The third kappa shape index (κ3) is 1.99. The first-order valence-electron chi connectivity index (χ1n) is 8.27. The third-order valence-corrected chi connectivity index (χ3v) is 6.61. The first kappa shape index (κ1) is 13.9. The van der Waals surface area contributed by atoms with Gasteiger partial charge in [-0.05, 0) is 70.3 Å². The van der Waals surface area contributed by atoms with E-state index < -0.39 is 8.41 Å². The van der Waals surface area contributed by atoms with Crippen molar-refractivity contribution in [2.24, 2.45) is 0 Å². The fourth-order valence-electron chi connectivity index (χ4n) is 4.01. The average Bonchev–Trinajstić information content (AvgIpc) is 3.11.